The number of fused-ring (bicyclic) bond motifs is 4. The summed E-state index contributed by atoms with van der Waals surface area (Å²) < 4.78 is 0. The van der Waals surface area contributed by atoms with Gasteiger partial charge in [0.25, 0.3) is 0 Å². The fourth-order valence-corrected chi connectivity index (χ4v) is 6.11. The van der Waals surface area contributed by atoms with Gasteiger partial charge in [-0.1, -0.05) is 38.3 Å². The predicted molar refractivity (Wildman–Crippen MR) is 112 cm³/mol. The SMILES string of the molecule is CCCCc1nc(Cl)c(CN2C[C@H]3C[C@@H](C2)[C@H](CCC)N2C(=O)CCC[C@@H]32)[nH]1. The highest BCUT2D eigenvalue weighted by atomic mass is 35.5. The number of carbonyl (C=O) groups excluding carboxylic acids is 1. The van der Waals surface area contributed by atoms with Gasteiger partial charge in [-0.25, -0.2) is 4.98 Å². The molecule has 6 heteroatoms. The third-order valence-electron chi connectivity index (χ3n) is 7.08. The van der Waals surface area contributed by atoms with Crippen LogP contribution >= 0.6 is 11.6 Å². The van der Waals surface area contributed by atoms with Gasteiger partial charge in [-0.15, -0.1) is 0 Å². The largest absolute Gasteiger partial charge is 0.344 e. The second-order valence-electron chi connectivity index (χ2n) is 9.12. The quantitative estimate of drug-likeness (QED) is 0.729. The number of halogens is 1. The van der Waals surface area contributed by atoms with E-state index in [9.17, 15) is 4.79 Å². The summed E-state index contributed by atoms with van der Waals surface area (Å²) in [5.74, 6) is 2.64. The highest BCUT2D eigenvalue weighted by Gasteiger charge is 2.48. The number of nitrogens with one attached hydrogen (secondary N) is 1. The fraction of sp³-hybridized carbons (Fsp3) is 0.818. The van der Waals surface area contributed by atoms with Crippen molar-refractivity contribution in [2.45, 2.75) is 90.3 Å². The molecule has 3 fully saturated rings. The molecule has 4 heterocycles. The predicted octanol–water partition coefficient (Wildman–Crippen LogP) is 4.41. The molecule has 3 aliphatic heterocycles. The van der Waals surface area contributed by atoms with E-state index >= 15 is 0 Å². The maximum atomic E-state index is 12.7. The molecule has 4 atom stereocenters. The minimum absolute atomic E-state index is 0.412. The first-order chi connectivity index (χ1) is 13.6. The van der Waals surface area contributed by atoms with Gasteiger partial charge in [-0.3, -0.25) is 9.69 Å². The number of aryl methyl sites for hydroxylation is 1. The molecule has 5 nitrogen and oxygen atoms in total. The number of hydrogen-bond acceptors (Lipinski definition) is 3. The van der Waals surface area contributed by atoms with E-state index in [-0.39, 0.29) is 0 Å². The number of imidazole rings is 1. The minimum Gasteiger partial charge on any atom is -0.344 e. The van der Waals surface area contributed by atoms with Gasteiger partial charge in [0.05, 0.1) is 5.69 Å². The van der Waals surface area contributed by atoms with E-state index in [2.05, 4.69) is 33.6 Å². The number of amides is 1. The lowest BCUT2D eigenvalue weighted by Gasteiger charge is -2.56. The summed E-state index contributed by atoms with van der Waals surface area (Å²) in [6.45, 7) is 7.44. The molecule has 0 saturated carbocycles. The standard InChI is InChI=1S/C22H35ClN4O/c1-3-5-9-20-24-17(22(23)25-20)14-26-12-15-11-16(13-26)19-8-6-10-21(28)27(19)18(15)7-4-2/h15-16,18-19H,3-14H2,1-2H3,(H,24,25)/t15-,16+,18-,19-/m0/s1. The van der Waals surface area contributed by atoms with Gasteiger partial charge < -0.3 is 9.88 Å². The van der Waals surface area contributed by atoms with Crippen molar-refractivity contribution in [1.29, 1.82) is 0 Å². The van der Waals surface area contributed by atoms with Gasteiger partial charge in [0, 0.05) is 44.6 Å². The normalized spacial score (nSPS) is 30.5. The van der Waals surface area contributed by atoms with Crippen LogP contribution in [0.25, 0.3) is 0 Å². The number of aromatic nitrogens is 2. The number of nitrogens with zero attached hydrogens (tertiary/aromatic N) is 3. The van der Waals surface area contributed by atoms with Crippen molar-refractivity contribution in [1.82, 2.24) is 19.8 Å². The van der Waals surface area contributed by atoms with E-state index < -0.39 is 0 Å². The molecule has 156 valence electrons. The van der Waals surface area contributed by atoms with Crippen molar-refractivity contribution >= 4 is 17.5 Å². The lowest BCUT2D eigenvalue weighted by Crippen LogP contribution is -2.64. The smallest absolute Gasteiger partial charge is 0.223 e. The zero-order valence-corrected chi connectivity index (χ0v) is 18.2. The van der Waals surface area contributed by atoms with Gasteiger partial charge in [-0.2, -0.15) is 0 Å². The van der Waals surface area contributed by atoms with Crippen LogP contribution in [0.2, 0.25) is 5.15 Å². The van der Waals surface area contributed by atoms with E-state index in [0.29, 0.717) is 35.0 Å². The van der Waals surface area contributed by atoms with Gasteiger partial charge in [0.2, 0.25) is 5.91 Å². The first-order valence-electron chi connectivity index (χ1n) is 11.4. The van der Waals surface area contributed by atoms with Crippen LogP contribution < -0.4 is 0 Å². The summed E-state index contributed by atoms with van der Waals surface area (Å²) in [5.41, 5.74) is 1.07. The Bertz CT molecular complexity index is 690. The Morgan fingerprint density at radius 2 is 2.04 bits per heavy atom. The van der Waals surface area contributed by atoms with Crippen molar-refractivity contribution in [2.24, 2.45) is 11.8 Å². The molecule has 3 saturated heterocycles. The van der Waals surface area contributed by atoms with Gasteiger partial charge in [-0.05, 0) is 43.9 Å². The second kappa shape index (κ2) is 8.74. The van der Waals surface area contributed by atoms with Crippen molar-refractivity contribution in [3.63, 3.8) is 0 Å². The van der Waals surface area contributed by atoms with Crippen LogP contribution in [0.3, 0.4) is 0 Å². The Balaban J connectivity index is 1.49. The van der Waals surface area contributed by atoms with Crippen molar-refractivity contribution in [2.75, 3.05) is 13.1 Å². The Labute approximate surface area is 174 Å². The molecule has 1 aromatic rings. The van der Waals surface area contributed by atoms with Crippen LogP contribution in [0.4, 0.5) is 0 Å². The third kappa shape index (κ3) is 3.97. The number of likely N-dealkylation sites (tertiary alicyclic amines) is 1. The number of hydrogen-bond donors (Lipinski definition) is 1. The Morgan fingerprint density at radius 1 is 1.21 bits per heavy atom. The van der Waals surface area contributed by atoms with Crippen LogP contribution in [0.15, 0.2) is 0 Å². The number of unbranched alkanes of at least 4 members (excludes halogenated alkanes) is 1. The Kier molecular flexibility index (Phi) is 6.31. The average molecular weight is 407 g/mol. The molecule has 0 aromatic carbocycles. The summed E-state index contributed by atoms with van der Waals surface area (Å²) in [6.07, 6.45) is 9.85. The Morgan fingerprint density at radius 3 is 2.82 bits per heavy atom. The zero-order chi connectivity index (χ0) is 19.7. The van der Waals surface area contributed by atoms with Gasteiger partial charge in [0.15, 0.2) is 5.15 Å². The summed E-state index contributed by atoms with van der Waals surface area (Å²) in [6, 6.07) is 0.883. The molecular formula is C22H35ClN4O. The lowest BCUT2D eigenvalue weighted by molar-refractivity contribution is -0.153. The number of carbonyl (C=O) groups is 1. The molecule has 1 aromatic heterocycles. The van der Waals surface area contributed by atoms with E-state index in [4.69, 9.17) is 11.6 Å². The first kappa shape index (κ1) is 20.2. The maximum absolute atomic E-state index is 12.7. The summed E-state index contributed by atoms with van der Waals surface area (Å²) in [4.78, 5) is 25.6. The van der Waals surface area contributed by atoms with Crippen LogP contribution in [-0.2, 0) is 17.8 Å². The highest BCUT2D eigenvalue weighted by Crippen LogP contribution is 2.43. The molecule has 1 amide bonds. The Hall–Kier alpha value is -1.07. The van der Waals surface area contributed by atoms with E-state index in [1.165, 1.54) is 19.3 Å². The minimum atomic E-state index is 0.412. The van der Waals surface area contributed by atoms with Crippen molar-refractivity contribution in [3.05, 3.63) is 16.7 Å². The van der Waals surface area contributed by atoms with Crippen molar-refractivity contribution < 1.29 is 4.79 Å². The molecule has 2 bridgehead atoms. The summed E-state index contributed by atoms with van der Waals surface area (Å²) >= 11 is 6.45. The van der Waals surface area contributed by atoms with Crippen LogP contribution in [0, 0.1) is 11.8 Å². The lowest BCUT2D eigenvalue weighted by atomic mass is 9.71. The number of aromatic amines is 1. The molecule has 0 spiro atoms. The topological polar surface area (TPSA) is 52.2 Å². The molecule has 1 N–H and O–H groups in total. The van der Waals surface area contributed by atoms with Crippen molar-refractivity contribution in [3.8, 4) is 0 Å². The molecule has 0 radical (unpaired) electrons. The number of H-pyrrole nitrogens is 1. The molecule has 4 rings (SSSR count). The third-order valence-corrected chi connectivity index (χ3v) is 7.40. The molecule has 3 aliphatic rings. The van der Waals surface area contributed by atoms with Crippen LogP contribution in [0.1, 0.15) is 76.7 Å². The monoisotopic (exact) mass is 406 g/mol. The number of rotatable bonds is 7. The van der Waals surface area contributed by atoms with E-state index in [1.807, 2.05) is 0 Å². The number of piperidine rings is 3. The van der Waals surface area contributed by atoms with Crippen LogP contribution in [-0.4, -0.2) is 50.8 Å². The second-order valence-corrected chi connectivity index (χ2v) is 9.48. The first-order valence-corrected chi connectivity index (χ1v) is 11.7. The molecule has 0 unspecified atom stereocenters. The van der Waals surface area contributed by atoms with Gasteiger partial charge in [0.1, 0.15) is 5.82 Å². The van der Waals surface area contributed by atoms with E-state index in [1.54, 1.807) is 0 Å². The highest BCUT2D eigenvalue weighted by molar-refractivity contribution is 6.30. The molecular weight excluding hydrogens is 372 g/mol. The van der Waals surface area contributed by atoms with E-state index in [0.717, 1.165) is 69.7 Å². The molecule has 0 aliphatic carbocycles. The van der Waals surface area contributed by atoms with Gasteiger partial charge >= 0.3 is 0 Å². The summed E-state index contributed by atoms with van der Waals surface area (Å²) in [5, 5.41) is 0.640. The molecule has 28 heavy (non-hydrogen) atoms. The fourth-order valence-electron chi connectivity index (χ4n) is 5.90. The maximum Gasteiger partial charge on any atom is 0.223 e. The van der Waals surface area contributed by atoms with Crippen LogP contribution in [0.5, 0.6) is 0 Å². The summed E-state index contributed by atoms with van der Waals surface area (Å²) in [7, 11) is 0. The zero-order valence-electron chi connectivity index (χ0n) is 17.4. The average Bonchev–Trinajstić information content (AvgIpc) is 3.03.